The third-order valence-corrected chi connectivity index (χ3v) is 4.54. The van der Waals surface area contributed by atoms with Crippen LogP contribution in [0.15, 0.2) is 54.6 Å². The van der Waals surface area contributed by atoms with Gasteiger partial charge in [-0.1, -0.05) is 94.5 Å². The zero-order chi connectivity index (χ0) is 17.0. The maximum atomic E-state index is 3.26. The van der Waals surface area contributed by atoms with Gasteiger partial charge in [0.25, 0.3) is 0 Å². The molecule has 0 amide bonds. The molecule has 0 aliphatic heterocycles. The Labute approximate surface area is 148 Å². The average molecular weight is 319 g/mol. The normalized spacial score (nSPS) is 10.5. The molecule has 0 spiro atoms. The van der Waals surface area contributed by atoms with Crippen molar-refractivity contribution >= 4 is 0 Å². The minimum atomic E-state index is 0.839. The van der Waals surface area contributed by atoms with Crippen LogP contribution in [0.4, 0.5) is 0 Å². The molecule has 0 aliphatic carbocycles. The number of unbranched alkanes of at least 4 members (excludes halogenated alkanes) is 2. The van der Waals surface area contributed by atoms with Gasteiger partial charge in [0, 0.05) is 11.1 Å². The molecule has 0 radical (unpaired) electrons. The Balaban J connectivity index is 1.96. The Morgan fingerprint density at radius 2 is 1.25 bits per heavy atom. The van der Waals surface area contributed by atoms with Crippen molar-refractivity contribution in [1.29, 1.82) is 0 Å². The lowest BCUT2D eigenvalue weighted by Gasteiger charge is -2.16. The van der Waals surface area contributed by atoms with E-state index >= 15 is 0 Å². The van der Waals surface area contributed by atoms with Crippen LogP contribution in [0.1, 0.15) is 69.1 Å². The number of rotatable bonds is 8. The number of hydrogen-bond donors (Lipinski definition) is 0. The molecule has 126 valence electrons. The molecule has 2 aromatic carbocycles. The lowest BCUT2D eigenvalue weighted by molar-refractivity contribution is 0.417. The molecule has 24 heavy (non-hydrogen) atoms. The molecule has 0 saturated carbocycles. The molecule has 0 heteroatoms. The second-order valence-corrected chi connectivity index (χ2v) is 6.67. The first-order chi connectivity index (χ1) is 11.8. The fraction of sp³-hybridized carbons (Fsp3) is 0.417. The molecular formula is C24H30. The average Bonchev–Trinajstić information content (AvgIpc) is 2.64. The Hall–Kier alpha value is -2.00. The molecular weight excluding hydrogens is 288 g/mol. The largest absolute Gasteiger partial charge is 0.0654 e. The van der Waals surface area contributed by atoms with Crippen molar-refractivity contribution in [2.24, 2.45) is 5.92 Å². The van der Waals surface area contributed by atoms with Crippen LogP contribution in [0, 0.1) is 17.8 Å². The van der Waals surface area contributed by atoms with E-state index in [9.17, 15) is 0 Å². The van der Waals surface area contributed by atoms with Gasteiger partial charge in [-0.25, -0.2) is 0 Å². The summed E-state index contributed by atoms with van der Waals surface area (Å²) in [4.78, 5) is 0. The Morgan fingerprint density at radius 1 is 0.708 bits per heavy atom. The molecule has 0 nitrogen and oxygen atoms in total. The standard InChI is InChI=1S/C24H30/c1-3-5-10-23(11-6-4-2)20-24-18-16-22(17-19-24)15-14-21-12-8-7-9-13-21/h7-9,12-13,16-19,23H,3-6,10-11,20H2,1-2H3. The SMILES string of the molecule is CCCCC(CCCC)Cc1ccc(C#Cc2ccccc2)cc1. The molecule has 2 aromatic rings. The lowest BCUT2D eigenvalue weighted by Crippen LogP contribution is -2.05. The lowest BCUT2D eigenvalue weighted by atomic mass is 9.89. The van der Waals surface area contributed by atoms with Crippen molar-refractivity contribution in [3.8, 4) is 11.8 Å². The van der Waals surface area contributed by atoms with Crippen molar-refractivity contribution < 1.29 is 0 Å². The van der Waals surface area contributed by atoms with E-state index in [1.807, 2.05) is 30.3 Å². The molecule has 0 heterocycles. The molecule has 0 saturated heterocycles. The van der Waals surface area contributed by atoms with E-state index in [1.165, 1.54) is 50.5 Å². The van der Waals surface area contributed by atoms with Gasteiger partial charge in [0.2, 0.25) is 0 Å². The Bertz CT molecular complexity index is 617. The number of hydrogen-bond acceptors (Lipinski definition) is 0. The van der Waals surface area contributed by atoms with Crippen LogP contribution in [0.3, 0.4) is 0 Å². The fourth-order valence-electron chi connectivity index (χ4n) is 3.06. The van der Waals surface area contributed by atoms with Gasteiger partial charge in [-0.2, -0.15) is 0 Å². The molecule has 2 rings (SSSR count). The molecule has 0 aliphatic rings. The van der Waals surface area contributed by atoms with Crippen LogP contribution in [-0.4, -0.2) is 0 Å². The van der Waals surface area contributed by atoms with E-state index in [0.29, 0.717) is 0 Å². The predicted octanol–water partition coefficient (Wildman–Crippen LogP) is 6.63. The van der Waals surface area contributed by atoms with Crippen molar-refractivity contribution in [2.45, 2.75) is 58.8 Å². The van der Waals surface area contributed by atoms with Crippen LogP contribution in [-0.2, 0) is 6.42 Å². The quantitative estimate of drug-likeness (QED) is 0.479. The topological polar surface area (TPSA) is 0 Å². The first-order valence-corrected chi connectivity index (χ1v) is 9.47. The molecule has 0 atom stereocenters. The maximum Gasteiger partial charge on any atom is 0.0249 e. The minimum absolute atomic E-state index is 0.839. The molecule has 0 unspecified atom stereocenters. The van der Waals surface area contributed by atoms with E-state index < -0.39 is 0 Å². The van der Waals surface area contributed by atoms with Gasteiger partial charge in [0.05, 0.1) is 0 Å². The summed E-state index contributed by atoms with van der Waals surface area (Å²) in [6.45, 7) is 4.58. The maximum absolute atomic E-state index is 3.26. The summed E-state index contributed by atoms with van der Waals surface area (Å²) in [5.41, 5.74) is 3.62. The summed E-state index contributed by atoms with van der Waals surface area (Å²) < 4.78 is 0. The van der Waals surface area contributed by atoms with Crippen molar-refractivity contribution in [2.75, 3.05) is 0 Å². The van der Waals surface area contributed by atoms with Gasteiger partial charge in [0.15, 0.2) is 0 Å². The number of benzene rings is 2. The van der Waals surface area contributed by atoms with Gasteiger partial charge in [-0.05, 0) is 42.2 Å². The highest BCUT2D eigenvalue weighted by molar-refractivity contribution is 5.43. The van der Waals surface area contributed by atoms with Crippen LogP contribution < -0.4 is 0 Å². The Morgan fingerprint density at radius 3 is 1.79 bits per heavy atom. The van der Waals surface area contributed by atoms with Crippen molar-refractivity contribution in [3.63, 3.8) is 0 Å². The minimum Gasteiger partial charge on any atom is -0.0654 e. The van der Waals surface area contributed by atoms with E-state index in [4.69, 9.17) is 0 Å². The highest BCUT2D eigenvalue weighted by Crippen LogP contribution is 2.21. The van der Waals surface area contributed by atoms with Crippen LogP contribution in [0.2, 0.25) is 0 Å². The monoisotopic (exact) mass is 318 g/mol. The second-order valence-electron chi connectivity index (χ2n) is 6.67. The molecule has 0 aromatic heterocycles. The van der Waals surface area contributed by atoms with Crippen molar-refractivity contribution in [1.82, 2.24) is 0 Å². The van der Waals surface area contributed by atoms with Crippen LogP contribution in [0.5, 0.6) is 0 Å². The third-order valence-electron chi connectivity index (χ3n) is 4.54. The summed E-state index contributed by atoms with van der Waals surface area (Å²) in [5, 5.41) is 0. The van der Waals surface area contributed by atoms with E-state index in [-0.39, 0.29) is 0 Å². The summed E-state index contributed by atoms with van der Waals surface area (Å²) in [5.74, 6) is 7.33. The molecule has 0 fully saturated rings. The van der Waals surface area contributed by atoms with Gasteiger partial charge >= 0.3 is 0 Å². The van der Waals surface area contributed by atoms with Gasteiger partial charge in [0.1, 0.15) is 0 Å². The third kappa shape index (κ3) is 6.63. The summed E-state index contributed by atoms with van der Waals surface area (Å²) in [6.07, 6.45) is 9.27. The highest BCUT2D eigenvalue weighted by atomic mass is 14.1. The van der Waals surface area contributed by atoms with Crippen LogP contribution >= 0.6 is 0 Å². The van der Waals surface area contributed by atoms with Gasteiger partial charge in [-0.3, -0.25) is 0 Å². The van der Waals surface area contributed by atoms with E-state index in [1.54, 1.807) is 0 Å². The zero-order valence-corrected chi connectivity index (χ0v) is 15.2. The zero-order valence-electron chi connectivity index (χ0n) is 15.2. The second kappa shape index (κ2) is 10.7. The van der Waals surface area contributed by atoms with E-state index in [0.717, 1.165) is 17.0 Å². The smallest absolute Gasteiger partial charge is 0.0249 e. The fourth-order valence-corrected chi connectivity index (χ4v) is 3.06. The summed E-state index contributed by atoms with van der Waals surface area (Å²) in [6, 6.07) is 19.0. The Kier molecular flexibility index (Phi) is 8.19. The molecule has 0 bridgehead atoms. The van der Waals surface area contributed by atoms with E-state index in [2.05, 4.69) is 50.0 Å². The predicted molar refractivity (Wildman–Crippen MR) is 105 cm³/mol. The highest BCUT2D eigenvalue weighted by Gasteiger charge is 2.09. The molecule has 0 N–H and O–H groups in total. The summed E-state index contributed by atoms with van der Waals surface area (Å²) >= 11 is 0. The first-order valence-electron chi connectivity index (χ1n) is 9.47. The van der Waals surface area contributed by atoms with Crippen molar-refractivity contribution in [3.05, 3.63) is 71.3 Å². The summed E-state index contributed by atoms with van der Waals surface area (Å²) in [7, 11) is 0. The van der Waals surface area contributed by atoms with Gasteiger partial charge < -0.3 is 0 Å². The van der Waals surface area contributed by atoms with Gasteiger partial charge in [-0.15, -0.1) is 0 Å². The van der Waals surface area contributed by atoms with Crippen LogP contribution in [0.25, 0.3) is 0 Å². The first kappa shape index (κ1) is 18.3.